The molecule has 0 amide bonds. The number of hydrogen-bond acceptors (Lipinski definition) is 2. The standard InChI is InChI=1S/C7H4NOS/c8-5-10-7-3-1-6(9)2-4-7/h1-4H. The van der Waals surface area contributed by atoms with Crippen molar-refractivity contribution in [2.75, 3.05) is 0 Å². The van der Waals surface area contributed by atoms with Gasteiger partial charge in [-0.25, -0.2) is 0 Å². The van der Waals surface area contributed by atoms with Gasteiger partial charge in [0.15, 0.2) is 5.75 Å². The Morgan fingerprint density at radius 3 is 2.40 bits per heavy atom. The smallest absolute Gasteiger partial charge is 0.178 e. The van der Waals surface area contributed by atoms with E-state index in [1.807, 2.05) is 5.40 Å². The first-order valence-corrected chi connectivity index (χ1v) is 3.47. The predicted octanol–water partition coefficient (Wildman–Crippen LogP) is 2.40. The summed E-state index contributed by atoms with van der Waals surface area (Å²) in [4.78, 5) is 0.808. The van der Waals surface area contributed by atoms with Crippen molar-refractivity contribution < 1.29 is 5.11 Å². The van der Waals surface area contributed by atoms with Gasteiger partial charge in [0.2, 0.25) is 0 Å². The summed E-state index contributed by atoms with van der Waals surface area (Å²) in [7, 11) is 0. The molecule has 0 aliphatic heterocycles. The molecule has 10 heavy (non-hydrogen) atoms. The molecule has 0 fully saturated rings. The van der Waals surface area contributed by atoms with Crippen LogP contribution in [0.3, 0.4) is 0 Å². The van der Waals surface area contributed by atoms with Gasteiger partial charge in [-0.1, -0.05) is 0 Å². The van der Waals surface area contributed by atoms with Crippen LogP contribution in [0, 0.1) is 10.7 Å². The van der Waals surface area contributed by atoms with Crippen LogP contribution in [0.4, 0.5) is 0 Å². The summed E-state index contributed by atoms with van der Waals surface area (Å²) in [5.41, 5.74) is 0. The molecule has 0 aliphatic carbocycles. The van der Waals surface area contributed by atoms with Crippen LogP contribution in [-0.2, 0) is 5.11 Å². The minimum absolute atomic E-state index is 0.0257. The van der Waals surface area contributed by atoms with Crippen LogP contribution in [0.2, 0.25) is 0 Å². The van der Waals surface area contributed by atoms with Crippen LogP contribution in [0.15, 0.2) is 29.2 Å². The molecule has 1 aromatic rings. The van der Waals surface area contributed by atoms with Crippen molar-refractivity contribution in [3.8, 4) is 11.2 Å². The van der Waals surface area contributed by atoms with Gasteiger partial charge < -0.3 is 0 Å². The summed E-state index contributed by atoms with van der Waals surface area (Å²) in [6.45, 7) is 0. The highest BCUT2D eigenvalue weighted by Crippen LogP contribution is 2.19. The summed E-state index contributed by atoms with van der Waals surface area (Å²) in [5.74, 6) is -0.0257. The van der Waals surface area contributed by atoms with Crippen LogP contribution in [0.5, 0.6) is 5.75 Å². The van der Waals surface area contributed by atoms with E-state index in [9.17, 15) is 5.11 Å². The van der Waals surface area contributed by atoms with E-state index in [2.05, 4.69) is 0 Å². The van der Waals surface area contributed by atoms with Crippen molar-refractivity contribution in [3.63, 3.8) is 0 Å². The van der Waals surface area contributed by atoms with E-state index in [1.54, 1.807) is 12.1 Å². The quantitative estimate of drug-likeness (QED) is 0.455. The van der Waals surface area contributed by atoms with Crippen LogP contribution >= 0.6 is 11.8 Å². The van der Waals surface area contributed by atoms with Gasteiger partial charge in [-0.15, -0.1) is 0 Å². The molecule has 0 aliphatic rings. The lowest BCUT2D eigenvalue weighted by molar-refractivity contribution is 0.354. The fraction of sp³-hybridized carbons (Fsp3) is 0. The fourth-order valence-electron chi connectivity index (χ4n) is 0.560. The van der Waals surface area contributed by atoms with Crippen molar-refractivity contribution in [3.05, 3.63) is 24.3 Å². The van der Waals surface area contributed by atoms with Crippen molar-refractivity contribution in [2.24, 2.45) is 0 Å². The van der Waals surface area contributed by atoms with Crippen LogP contribution in [-0.4, -0.2) is 0 Å². The lowest BCUT2D eigenvalue weighted by Crippen LogP contribution is -1.65. The Morgan fingerprint density at radius 2 is 1.90 bits per heavy atom. The number of benzene rings is 1. The Bertz CT molecular complexity index is 249. The van der Waals surface area contributed by atoms with Gasteiger partial charge in [-0.2, -0.15) is 5.26 Å². The summed E-state index contributed by atoms with van der Waals surface area (Å²) < 4.78 is 0. The van der Waals surface area contributed by atoms with Gasteiger partial charge in [0.05, 0.1) is 0 Å². The highest BCUT2D eigenvalue weighted by Gasteiger charge is 1.91. The Hall–Kier alpha value is -1.14. The third-order valence-corrected chi connectivity index (χ3v) is 1.59. The van der Waals surface area contributed by atoms with E-state index >= 15 is 0 Å². The normalized spacial score (nSPS) is 8.70. The van der Waals surface area contributed by atoms with Gasteiger partial charge >= 0.3 is 0 Å². The van der Waals surface area contributed by atoms with E-state index in [-0.39, 0.29) is 5.75 Å². The van der Waals surface area contributed by atoms with Crippen molar-refractivity contribution in [1.29, 1.82) is 5.26 Å². The lowest BCUT2D eigenvalue weighted by Gasteiger charge is -1.89. The first-order chi connectivity index (χ1) is 4.83. The highest BCUT2D eigenvalue weighted by atomic mass is 32.2. The summed E-state index contributed by atoms with van der Waals surface area (Å²) in [6.07, 6.45) is 0. The van der Waals surface area contributed by atoms with E-state index in [4.69, 9.17) is 5.26 Å². The average Bonchev–Trinajstić information content (AvgIpc) is 1.95. The van der Waals surface area contributed by atoms with Gasteiger partial charge in [0.25, 0.3) is 0 Å². The number of rotatable bonds is 1. The maximum absolute atomic E-state index is 10.5. The second-order valence-corrected chi connectivity index (χ2v) is 2.52. The molecule has 0 unspecified atom stereocenters. The Morgan fingerprint density at radius 1 is 1.30 bits per heavy atom. The molecule has 1 rings (SSSR count). The summed E-state index contributed by atoms with van der Waals surface area (Å²) in [5, 5.41) is 20.7. The monoisotopic (exact) mass is 150 g/mol. The van der Waals surface area contributed by atoms with Gasteiger partial charge in [0, 0.05) is 4.90 Å². The molecular weight excluding hydrogens is 146 g/mol. The molecule has 0 saturated heterocycles. The number of nitriles is 1. The Kier molecular flexibility index (Phi) is 2.19. The number of thiocyanates is 1. The SMILES string of the molecule is N#CSc1ccc([O])cc1. The molecule has 1 aromatic carbocycles. The molecular formula is C7H4NOS. The van der Waals surface area contributed by atoms with Gasteiger partial charge in [-0.3, -0.25) is 5.11 Å². The van der Waals surface area contributed by atoms with Gasteiger partial charge in [0.1, 0.15) is 5.40 Å². The molecule has 0 saturated carbocycles. The second kappa shape index (κ2) is 3.14. The molecule has 0 N–H and O–H groups in total. The Balaban J connectivity index is 2.81. The molecule has 0 heterocycles. The summed E-state index contributed by atoms with van der Waals surface area (Å²) >= 11 is 1.05. The zero-order valence-electron chi connectivity index (χ0n) is 5.07. The first kappa shape index (κ1) is 6.97. The van der Waals surface area contributed by atoms with Crippen LogP contribution in [0.25, 0.3) is 0 Å². The number of thioether (sulfide) groups is 1. The topological polar surface area (TPSA) is 43.7 Å². The molecule has 1 radical (unpaired) electrons. The molecule has 49 valence electrons. The largest absolute Gasteiger partial charge is 0.290 e. The zero-order chi connectivity index (χ0) is 7.40. The first-order valence-electron chi connectivity index (χ1n) is 2.66. The molecule has 3 heteroatoms. The third kappa shape index (κ3) is 1.67. The van der Waals surface area contributed by atoms with Crippen LogP contribution in [0.1, 0.15) is 0 Å². The van der Waals surface area contributed by atoms with E-state index in [1.165, 1.54) is 12.1 Å². The summed E-state index contributed by atoms with van der Waals surface area (Å²) in [6, 6.07) is 6.16. The van der Waals surface area contributed by atoms with Crippen molar-refractivity contribution in [1.82, 2.24) is 0 Å². The van der Waals surface area contributed by atoms with E-state index in [0.717, 1.165) is 16.7 Å². The number of hydrogen-bond donors (Lipinski definition) is 0. The fourth-order valence-corrected chi connectivity index (χ4v) is 0.938. The number of nitrogens with zero attached hydrogens (tertiary/aromatic N) is 1. The molecule has 0 bridgehead atoms. The molecule has 0 atom stereocenters. The minimum atomic E-state index is -0.0257. The maximum Gasteiger partial charge on any atom is 0.178 e. The predicted molar refractivity (Wildman–Crippen MR) is 38.0 cm³/mol. The lowest BCUT2D eigenvalue weighted by atomic mass is 10.3. The molecule has 2 nitrogen and oxygen atoms in total. The molecule has 0 spiro atoms. The van der Waals surface area contributed by atoms with Crippen molar-refractivity contribution >= 4 is 11.8 Å². The molecule has 0 aromatic heterocycles. The second-order valence-electron chi connectivity index (χ2n) is 1.66. The zero-order valence-corrected chi connectivity index (χ0v) is 5.89. The Labute approximate surface area is 63.1 Å². The van der Waals surface area contributed by atoms with E-state index < -0.39 is 0 Å². The maximum atomic E-state index is 10.5. The third-order valence-electron chi connectivity index (χ3n) is 0.987. The van der Waals surface area contributed by atoms with Crippen LogP contribution < -0.4 is 0 Å². The highest BCUT2D eigenvalue weighted by molar-refractivity contribution is 8.03. The van der Waals surface area contributed by atoms with E-state index in [0.29, 0.717) is 0 Å². The average molecular weight is 150 g/mol. The van der Waals surface area contributed by atoms with Crippen molar-refractivity contribution in [2.45, 2.75) is 4.90 Å². The minimum Gasteiger partial charge on any atom is -0.290 e. The van der Waals surface area contributed by atoms with Gasteiger partial charge in [-0.05, 0) is 36.0 Å².